The predicted molar refractivity (Wildman–Crippen MR) is 108 cm³/mol. The van der Waals surface area contributed by atoms with E-state index >= 15 is 0 Å². The lowest BCUT2D eigenvalue weighted by Gasteiger charge is -2.55. The van der Waals surface area contributed by atoms with Crippen molar-refractivity contribution in [2.45, 2.75) is 37.8 Å². The van der Waals surface area contributed by atoms with Crippen LogP contribution in [0.1, 0.15) is 41.8 Å². The van der Waals surface area contributed by atoms with E-state index in [0.717, 1.165) is 25.0 Å². The first-order valence-electron chi connectivity index (χ1n) is 10.6. The number of benzene rings is 1. The third-order valence-corrected chi connectivity index (χ3v) is 6.86. The molecule has 6 rings (SSSR count). The lowest BCUT2D eigenvalue weighted by atomic mass is 9.60. The van der Waals surface area contributed by atoms with Gasteiger partial charge in [0.25, 0.3) is 5.91 Å². The van der Waals surface area contributed by atoms with Crippen molar-refractivity contribution in [2.75, 3.05) is 13.7 Å². The fourth-order valence-corrected chi connectivity index (χ4v) is 5.33. The maximum atomic E-state index is 12.8. The van der Waals surface area contributed by atoms with Gasteiger partial charge in [-0.3, -0.25) is 9.59 Å². The number of furan rings is 1. The molecule has 2 N–H and O–H groups in total. The molecule has 4 aliphatic rings. The third-order valence-electron chi connectivity index (χ3n) is 6.86. The van der Waals surface area contributed by atoms with Gasteiger partial charge in [-0.1, -0.05) is 0 Å². The summed E-state index contributed by atoms with van der Waals surface area (Å²) in [5, 5.41) is 6.19. The molecular weight excluding hydrogens is 384 g/mol. The molecule has 1 aromatic carbocycles. The summed E-state index contributed by atoms with van der Waals surface area (Å²) >= 11 is 0. The Bertz CT molecular complexity index is 957. The number of ether oxygens (including phenoxy) is 2. The molecule has 0 unspecified atom stereocenters. The summed E-state index contributed by atoms with van der Waals surface area (Å²) in [6.07, 6.45) is 5.62. The Morgan fingerprint density at radius 2 is 2.23 bits per heavy atom. The first-order valence-corrected chi connectivity index (χ1v) is 10.6. The van der Waals surface area contributed by atoms with E-state index in [1.165, 1.54) is 0 Å². The number of rotatable bonds is 5. The first-order chi connectivity index (χ1) is 14.6. The van der Waals surface area contributed by atoms with Gasteiger partial charge in [0.05, 0.1) is 18.9 Å². The fraction of sp³-hybridized carbons (Fsp3) is 0.478. The molecule has 7 nitrogen and oxygen atoms in total. The minimum absolute atomic E-state index is 0.0433. The van der Waals surface area contributed by atoms with Gasteiger partial charge in [0, 0.05) is 37.3 Å². The first kappa shape index (κ1) is 19.0. The number of amides is 2. The standard InChI is InChI=1S/C23H26N2O5/c1-28-17-6-7-18-20(12-17)30-23(25-22(18)27)13-14-4-5-15(23)11-19(14)21(26)24-9-8-16-3-2-10-29-16/h2-3,6-7,10,12,14-15,19H,4-5,8-9,11,13H2,1H3,(H,24,26)(H,25,27)/t14-,15-,19+,23-/m1/s1. The molecule has 2 heterocycles. The zero-order chi connectivity index (χ0) is 20.7. The van der Waals surface area contributed by atoms with E-state index in [2.05, 4.69) is 10.6 Å². The van der Waals surface area contributed by atoms with Crippen molar-refractivity contribution >= 4 is 11.8 Å². The van der Waals surface area contributed by atoms with E-state index in [-0.39, 0.29) is 29.6 Å². The number of hydrogen-bond donors (Lipinski definition) is 2. The minimum Gasteiger partial charge on any atom is -0.497 e. The van der Waals surface area contributed by atoms with Gasteiger partial charge in [0.15, 0.2) is 5.72 Å². The van der Waals surface area contributed by atoms with Crippen LogP contribution in [-0.2, 0) is 11.2 Å². The van der Waals surface area contributed by atoms with Gasteiger partial charge in [-0.15, -0.1) is 0 Å². The molecule has 1 spiro atoms. The smallest absolute Gasteiger partial charge is 0.258 e. The Morgan fingerprint density at radius 3 is 2.97 bits per heavy atom. The van der Waals surface area contributed by atoms with Gasteiger partial charge in [-0.2, -0.15) is 0 Å². The Hall–Kier alpha value is -2.96. The predicted octanol–water partition coefficient (Wildman–Crippen LogP) is 2.90. The summed E-state index contributed by atoms with van der Waals surface area (Å²) in [5.41, 5.74) is -0.209. The van der Waals surface area contributed by atoms with E-state index < -0.39 is 5.72 Å². The summed E-state index contributed by atoms with van der Waals surface area (Å²) in [6, 6.07) is 9.02. The molecule has 1 aromatic heterocycles. The van der Waals surface area contributed by atoms with E-state index in [0.29, 0.717) is 36.4 Å². The van der Waals surface area contributed by atoms with Crippen LogP contribution in [0.15, 0.2) is 41.0 Å². The van der Waals surface area contributed by atoms with Crippen molar-refractivity contribution in [1.82, 2.24) is 10.6 Å². The van der Waals surface area contributed by atoms with Crippen LogP contribution in [0.5, 0.6) is 11.5 Å². The normalized spacial score (nSPS) is 29.1. The zero-order valence-electron chi connectivity index (χ0n) is 17.0. The largest absolute Gasteiger partial charge is 0.497 e. The second-order valence-electron chi connectivity index (χ2n) is 8.51. The van der Waals surface area contributed by atoms with Crippen molar-refractivity contribution in [1.29, 1.82) is 0 Å². The van der Waals surface area contributed by atoms with Crippen LogP contribution in [-0.4, -0.2) is 31.2 Å². The average molecular weight is 410 g/mol. The molecular formula is C23H26N2O5. The number of hydrogen-bond acceptors (Lipinski definition) is 5. The van der Waals surface area contributed by atoms with Crippen molar-refractivity contribution in [3.05, 3.63) is 47.9 Å². The Balaban J connectivity index is 1.28. The van der Waals surface area contributed by atoms with Crippen LogP contribution in [0.3, 0.4) is 0 Å². The van der Waals surface area contributed by atoms with Crippen LogP contribution in [0, 0.1) is 17.8 Å². The molecule has 1 aliphatic heterocycles. The summed E-state index contributed by atoms with van der Waals surface area (Å²) in [5.74, 6) is 2.31. The van der Waals surface area contributed by atoms with E-state index in [9.17, 15) is 9.59 Å². The monoisotopic (exact) mass is 410 g/mol. The van der Waals surface area contributed by atoms with E-state index in [4.69, 9.17) is 13.9 Å². The van der Waals surface area contributed by atoms with Crippen LogP contribution in [0.4, 0.5) is 0 Å². The maximum Gasteiger partial charge on any atom is 0.258 e. The van der Waals surface area contributed by atoms with E-state index in [1.807, 2.05) is 12.1 Å². The van der Waals surface area contributed by atoms with Crippen LogP contribution >= 0.6 is 0 Å². The molecule has 0 saturated heterocycles. The molecule has 158 valence electrons. The summed E-state index contributed by atoms with van der Waals surface area (Å²) in [7, 11) is 1.60. The van der Waals surface area contributed by atoms with Gasteiger partial charge < -0.3 is 24.5 Å². The molecule has 3 aliphatic carbocycles. The number of carbonyl (C=O) groups is 2. The summed E-state index contributed by atoms with van der Waals surface area (Å²) < 4.78 is 17.0. The second kappa shape index (κ2) is 7.38. The van der Waals surface area contributed by atoms with Crippen LogP contribution in [0.2, 0.25) is 0 Å². The van der Waals surface area contributed by atoms with Crippen LogP contribution in [0.25, 0.3) is 0 Å². The number of methoxy groups -OCH3 is 1. The molecule has 30 heavy (non-hydrogen) atoms. The van der Waals surface area contributed by atoms with Gasteiger partial charge in [0.2, 0.25) is 5.91 Å². The van der Waals surface area contributed by atoms with E-state index in [1.54, 1.807) is 31.6 Å². The van der Waals surface area contributed by atoms with Gasteiger partial charge in [0.1, 0.15) is 17.3 Å². The van der Waals surface area contributed by atoms with Crippen molar-refractivity contribution < 1.29 is 23.5 Å². The molecule has 0 radical (unpaired) electrons. The van der Waals surface area contributed by atoms with Crippen molar-refractivity contribution in [2.24, 2.45) is 17.8 Å². The summed E-state index contributed by atoms with van der Waals surface area (Å²) in [6.45, 7) is 0.561. The highest BCUT2D eigenvalue weighted by molar-refractivity contribution is 5.98. The molecule has 2 aromatic rings. The SMILES string of the molecule is COc1ccc2c(c1)O[C@@]1(C[C@H]3CC[C@@H]1C[C@@H]3C(=O)NCCc1ccco1)NC2=O. The fourth-order valence-electron chi connectivity index (χ4n) is 5.33. The molecule has 3 fully saturated rings. The number of nitrogens with one attached hydrogen (secondary N) is 2. The highest BCUT2D eigenvalue weighted by Gasteiger charge is 2.57. The lowest BCUT2D eigenvalue weighted by Crippen LogP contribution is -2.67. The van der Waals surface area contributed by atoms with Gasteiger partial charge >= 0.3 is 0 Å². The minimum atomic E-state index is -0.732. The molecule has 2 amide bonds. The Morgan fingerprint density at radius 1 is 1.33 bits per heavy atom. The Kier molecular flexibility index (Phi) is 4.68. The zero-order valence-corrected chi connectivity index (χ0v) is 17.0. The molecule has 7 heteroatoms. The van der Waals surface area contributed by atoms with Gasteiger partial charge in [-0.25, -0.2) is 0 Å². The second-order valence-corrected chi connectivity index (χ2v) is 8.51. The third kappa shape index (κ3) is 3.22. The van der Waals surface area contributed by atoms with Gasteiger partial charge in [-0.05, 0) is 49.4 Å². The summed E-state index contributed by atoms with van der Waals surface area (Å²) in [4.78, 5) is 25.6. The average Bonchev–Trinajstić information content (AvgIpc) is 3.27. The topological polar surface area (TPSA) is 89.8 Å². The van der Waals surface area contributed by atoms with Crippen molar-refractivity contribution in [3.8, 4) is 11.5 Å². The Labute approximate surface area is 175 Å². The highest BCUT2D eigenvalue weighted by atomic mass is 16.5. The highest BCUT2D eigenvalue weighted by Crippen LogP contribution is 2.52. The molecule has 2 bridgehead atoms. The van der Waals surface area contributed by atoms with Crippen molar-refractivity contribution in [3.63, 3.8) is 0 Å². The number of fused-ring (bicyclic) bond motifs is 3. The lowest BCUT2D eigenvalue weighted by molar-refractivity contribution is -0.146. The van der Waals surface area contributed by atoms with Crippen LogP contribution < -0.4 is 20.1 Å². The molecule has 3 saturated carbocycles. The molecule has 4 atom stereocenters. The number of carbonyl (C=O) groups excluding carboxylic acids is 2. The quantitative estimate of drug-likeness (QED) is 0.791. The maximum absolute atomic E-state index is 12.8.